The van der Waals surface area contributed by atoms with Gasteiger partial charge in [-0.2, -0.15) is 0 Å². The van der Waals surface area contributed by atoms with Crippen LogP contribution in [0, 0.1) is 6.92 Å². The summed E-state index contributed by atoms with van der Waals surface area (Å²) in [6, 6.07) is 8.30. The first-order valence-corrected chi connectivity index (χ1v) is 7.09. The van der Waals surface area contributed by atoms with Gasteiger partial charge in [-0.1, -0.05) is 32.0 Å². The molecule has 0 heterocycles. The fraction of sp³-hybridized carbons (Fsp3) is 0.538. The Morgan fingerprint density at radius 3 is 2.06 bits per heavy atom. The van der Waals surface area contributed by atoms with Crippen LogP contribution in [0.2, 0.25) is 0 Å². The van der Waals surface area contributed by atoms with Crippen molar-refractivity contribution in [2.45, 2.75) is 33.6 Å². The monoisotopic (exact) mass is 240 g/mol. The smallest absolute Gasteiger partial charge is 0.205 e. The van der Waals surface area contributed by atoms with Crippen molar-refractivity contribution >= 4 is 13.7 Å². The fourth-order valence-electron chi connectivity index (χ4n) is 1.29. The molecule has 0 atom stereocenters. The standard InChI is InChI=1S/C13H21O2P/c1-4-10-14-16(15-11-5-2)13-9-7-6-8-12(13)3/h6-9H,4-5,10-11H2,1-3H3. The zero-order valence-corrected chi connectivity index (χ0v) is 11.3. The summed E-state index contributed by atoms with van der Waals surface area (Å²) in [5.41, 5.74) is 1.25. The first kappa shape index (κ1) is 13.6. The van der Waals surface area contributed by atoms with Crippen molar-refractivity contribution in [1.82, 2.24) is 0 Å². The van der Waals surface area contributed by atoms with Gasteiger partial charge < -0.3 is 9.05 Å². The van der Waals surface area contributed by atoms with Gasteiger partial charge >= 0.3 is 0 Å². The van der Waals surface area contributed by atoms with Gasteiger partial charge in [0.1, 0.15) is 0 Å². The summed E-state index contributed by atoms with van der Waals surface area (Å²) >= 11 is 0. The van der Waals surface area contributed by atoms with Gasteiger partial charge in [0.05, 0.1) is 13.2 Å². The highest BCUT2D eigenvalue weighted by molar-refractivity contribution is 7.56. The zero-order valence-electron chi connectivity index (χ0n) is 10.4. The third-order valence-corrected chi connectivity index (χ3v) is 3.87. The molecule has 0 aromatic heterocycles. The number of benzene rings is 1. The molecule has 90 valence electrons. The molecule has 0 amide bonds. The summed E-state index contributed by atoms with van der Waals surface area (Å²) in [5, 5.41) is 1.21. The van der Waals surface area contributed by atoms with E-state index in [1.54, 1.807) is 0 Å². The Morgan fingerprint density at radius 2 is 1.56 bits per heavy atom. The van der Waals surface area contributed by atoms with E-state index in [2.05, 4.69) is 32.9 Å². The number of rotatable bonds is 7. The van der Waals surface area contributed by atoms with Crippen LogP contribution in [0.15, 0.2) is 24.3 Å². The highest BCUT2D eigenvalue weighted by atomic mass is 31.2. The third-order valence-electron chi connectivity index (χ3n) is 2.14. The van der Waals surface area contributed by atoms with Crippen LogP contribution in [0.3, 0.4) is 0 Å². The number of hydrogen-bond donors (Lipinski definition) is 0. The van der Waals surface area contributed by atoms with Crippen LogP contribution in [0.1, 0.15) is 32.3 Å². The molecule has 1 rings (SSSR count). The molecule has 0 fully saturated rings. The summed E-state index contributed by atoms with van der Waals surface area (Å²) in [6.07, 6.45) is 2.06. The molecule has 16 heavy (non-hydrogen) atoms. The largest absolute Gasteiger partial charge is 0.331 e. The van der Waals surface area contributed by atoms with Crippen molar-refractivity contribution in [3.05, 3.63) is 29.8 Å². The van der Waals surface area contributed by atoms with E-state index < -0.39 is 8.38 Å². The number of hydrogen-bond acceptors (Lipinski definition) is 2. The molecular weight excluding hydrogens is 219 g/mol. The molecule has 1 aromatic rings. The minimum Gasteiger partial charge on any atom is -0.331 e. The Hall–Kier alpha value is -0.430. The number of aryl methyl sites for hydroxylation is 1. The van der Waals surface area contributed by atoms with E-state index in [4.69, 9.17) is 9.05 Å². The second kappa shape index (κ2) is 7.78. The Kier molecular flexibility index (Phi) is 6.63. The van der Waals surface area contributed by atoms with Gasteiger partial charge in [0.25, 0.3) is 0 Å². The highest BCUT2D eigenvalue weighted by Crippen LogP contribution is 2.38. The third kappa shape index (κ3) is 4.21. The van der Waals surface area contributed by atoms with E-state index in [1.165, 1.54) is 10.9 Å². The maximum absolute atomic E-state index is 5.80. The molecule has 2 nitrogen and oxygen atoms in total. The summed E-state index contributed by atoms with van der Waals surface area (Å²) in [6.45, 7) is 7.87. The summed E-state index contributed by atoms with van der Waals surface area (Å²) in [4.78, 5) is 0. The van der Waals surface area contributed by atoms with Crippen LogP contribution >= 0.6 is 8.38 Å². The molecule has 0 aliphatic rings. The lowest BCUT2D eigenvalue weighted by atomic mass is 10.2. The van der Waals surface area contributed by atoms with E-state index in [9.17, 15) is 0 Å². The molecule has 0 radical (unpaired) electrons. The van der Waals surface area contributed by atoms with Gasteiger partial charge in [0.15, 0.2) is 0 Å². The maximum Gasteiger partial charge on any atom is 0.205 e. The van der Waals surface area contributed by atoms with Crippen LogP contribution in [0.4, 0.5) is 0 Å². The topological polar surface area (TPSA) is 18.5 Å². The van der Waals surface area contributed by atoms with Gasteiger partial charge in [-0.15, -0.1) is 0 Å². The minimum absolute atomic E-state index is 0.768. The molecular formula is C13H21O2P. The summed E-state index contributed by atoms with van der Waals surface area (Å²) < 4.78 is 11.6. The molecule has 0 saturated heterocycles. The zero-order chi connectivity index (χ0) is 11.8. The van der Waals surface area contributed by atoms with Gasteiger partial charge in [0, 0.05) is 5.30 Å². The van der Waals surface area contributed by atoms with Gasteiger partial charge in [-0.3, -0.25) is 0 Å². The van der Waals surface area contributed by atoms with Crippen molar-refractivity contribution < 1.29 is 9.05 Å². The highest BCUT2D eigenvalue weighted by Gasteiger charge is 2.15. The molecule has 0 N–H and O–H groups in total. The lowest BCUT2D eigenvalue weighted by Crippen LogP contribution is -2.10. The Morgan fingerprint density at radius 1 is 1.00 bits per heavy atom. The Labute approximate surface area is 99.9 Å². The van der Waals surface area contributed by atoms with Crippen molar-refractivity contribution in [2.75, 3.05) is 13.2 Å². The fourth-order valence-corrected chi connectivity index (χ4v) is 2.91. The molecule has 0 unspecified atom stereocenters. The van der Waals surface area contributed by atoms with Crippen LogP contribution in [-0.2, 0) is 9.05 Å². The molecule has 0 spiro atoms. The van der Waals surface area contributed by atoms with Crippen LogP contribution in [0.25, 0.3) is 0 Å². The Balaban J connectivity index is 2.70. The lowest BCUT2D eigenvalue weighted by molar-refractivity contribution is 0.257. The van der Waals surface area contributed by atoms with E-state index in [1.807, 2.05) is 12.1 Å². The van der Waals surface area contributed by atoms with Gasteiger partial charge in [-0.25, -0.2) is 0 Å². The van der Waals surface area contributed by atoms with Gasteiger partial charge in [0.2, 0.25) is 8.38 Å². The van der Waals surface area contributed by atoms with E-state index >= 15 is 0 Å². The SMILES string of the molecule is CCCOP(OCCC)c1ccccc1C. The second-order valence-corrected chi connectivity index (χ2v) is 5.22. The lowest BCUT2D eigenvalue weighted by Gasteiger charge is -2.18. The quantitative estimate of drug-likeness (QED) is 0.675. The normalized spacial score (nSPS) is 11.0. The summed E-state index contributed by atoms with van der Waals surface area (Å²) in [5.74, 6) is 0. The van der Waals surface area contributed by atoms with Crippen molar-refractivity contribution in [3.8, 4) is 0 Å². The minimum atomic E-state index is -0.888. The van der Waals surface area contributed by atoms with Crippen molar-refractivity contribution in [1.29, 1.82) is 0 Å². The van der Waals surface area contributed by atoms with Crippen molar-refractivity contribution in [3.63, 3.8) is 0 Å². The van der Waals surface area contributed by atoms with E-state index in [-0.39, 0.29) is 0 Å². The Bertz CT molecular complexity index is 294. The van der Waals surface area contributed by atoms with Crippen LogP contribution < -0.4 is 5.30 Å². The molecule has 1 aromatic carbocycles. The van der Waals surface area contributed by atoms with Gasteiger partial charge in [-0.05, 0) is 31.4 Å². The van der Waals surface area contributed by atoms with Crippen molar-refractivity contribution in [2.24, 2.45) is 0 Å². The predicted octanol–water partition coefficient (Wildman–Crippen LogP) is 3.79. The average Bonchev–Trinajstić information content (AvgIpc) is 2.31. The maximum atomic E-state index is 5.80. The van der Waals surface area contributed by atoms with Crippen LogP contribution in [-0.4, -0.2) is 13.2 Å². The average molecular weight is 240 g/mol. The molecule has 0 bridgehead atoms. The van der Waals surface area contributed by atoms with Crippen LogP contribution in [0.5, 0.6) is 0 Å². The first-order chi connectivity index (χ1) is 7.79. The second-order valence-electron chi connectivity index (χ2n) is 3.71. The molecule has 0 saturated carbocycles. The molecule has 3 heteroatoms. The predicted molar refractivity (Wildman–Crippen MR) is 70.2 cm³/mol. The molecule has 0 aliphatic heterocycles. The summed E-state index contributed by atoms with van der Waals surface area (Å²) in [7, 11) is -0.888. The van der Waals surface area contributed by atoms with E-state index in [0.717, 1.165) is 26.1 Å². The molecule has 0 aliphatic carbocycles. The first-order valence-electron chi connectivity index (χ1n) is 5.91. The van der Waals surface area contributed by atoms with E-state index in [0.29, 0.717) is 0 Å².